The van der Waals surface area contributed by atoms with Crippen molar-refractivity contribution in [3.63, 3.8) is 0 Å². The fraction of sp³-hybridized carbons (Fsp3) is 0.250. The van der Waals surface area contributed by atoms with Crippen molar-refractivity contribution in [3.05, 3.63) is 16.6 Å². The van der Waals surface area contributed by atoms with E-state index < -0.39 is 12.9 Å². The molecule has 44 valence electrons. The normalized spacial score (nSPS) is 17.0. The summed E-state index contributed by atoms with van der Waals surface area (Å²) < 4.78 is 33.6. The van der Waals surface area contributed by atoms with Gasteiger partial charge in [0.25, 0.3) is 0 Å². The zero-order valence-corrected chi connectivity index (χ0v) is 5.31. The minimum absolute atomic E-state index is 0.106. The number of rotatable bonds is 0. The molecule has 0 spiro atoms. The van der Waals surface area contributed by atoms with Crippen molar-refractivity contribution in [1.82, 2.24) is 9.78 Å². The largest absolute Gasteiger partial charge is 0.259 e. The van der Waals surface area contributed by atoms with Gasteiger partial charge in [0.1, 0.15) is 4.60 Å². The number of aryl methyl sites for hydroxylation is 1. The van der Waals surface area contributed by atoms with Gasteiger partial charge in [0.05, 0.1) is 0 Å². The fourth-order valence-electron chi connectivity index (χ4n) is 0.332. The summed E-state index contributed by atoms with van der Waals surface area (Å²) in [5.41, 5.74) is 0. The molecule has 0 aliphatic rings. The molecule has 0 N–H and O–H groups in total. The molecule has 0 atom stereocenters. The molecule has 1 heterocycles. The van der Waals surface area contributed by atoms with Gasteiger partial charge < -0.3 is 0 Å². The van der Waals surface area contributed by atoms with Crippen LogP contribution in [0.2, 0.25) is 0 Å². The first-order valence-corrected chi connectivity index (χ1v) is 2.62. The first-order chi connectivity index (χ1) is 4.91. The van der Waals surface area contributed by atoms with E-state index in [1.54, 1.807) is 0 Å². The van der Waals surface area contributed by atoms with Crippen LogP contribution in [0.4, 0.5) is 4.39 Å². The van der Waals surface area contributed by atoms with Crippen molar-refractivity contribution < 1.29 is 8.50 Å². The molecule has 1 rings (SSSR count). The molecule has 0 unspecified atom stereocenters. The van der Waals surface area contributed by atoms with Gasteiger partial charge in [0, 0.05) is 17.2 Å². The van der Waals surface area contributed by atoms with Crippen molar-refractivity contribution in [2.75, 3.05) is 0 Å². The van der Waals surface area contributed by atoms with Gasteiger partial charge in [-0.05, 0) is 15.9 Å². The second-order valence-corrected chi connectivity index (χ2v) is 2.01. The van der Waals surface area contributed by atoms with E-state index in [-0.39, 0.29) is 4.60 Å². The van der Waals surface area contributed by atoms with Gasteiger partial charge in [-0.1, -0.05) is 0 Å². The first-order valence-electron chi connectivity index (χ1n) is 3.33. The van der Waals surface area contributed by atoms with Crippen molar-refractivity contribution >= 4 is 15.9 Å². The molecule has 0 bridgehead atoms. The third-order valence-corrected chi connectivity index (χ3v) is 1.20. The van der Waals surface area contributed by atoms with Gasteiger partial charge in [0.15, 0.2) is 0 Å². The van der Waals surface area contributed by atoms with E-state index >= 15 is 0 Å². The van der Waals surface area contributed by atoms with E-state index in [0.29, 0.717) is 4.68 Å². The Balaban J connectivity index is 3.13. The van der Waals surface area contributed by atoms with Crippen LogP contribution in [0, 0.1) is 5.95 Å². The highest BCUT2D eigenvalue weighted by molar-refractivity contribution is 9.10. The minimum Gasteiger partial charge on any atom is -0.259 e. The van der Waals surface area contributed by atoms with Gasteiger partial charge >= 0.3 is 0 Å². The molecule has 1 aromatic heterocycles. The number of hydrogen-bond acceptors (Lipinski definition) is 1. The van der Waals surface area contributed by atoms with Gasteiger partial charge in [-0.15, -0.1) is 5.10 Å². The van der Waals surface area contributed by atoms with Crippen LogP contribution in [-0.2, 0) is 6.98 Å². The Bertz CT molecular complexity index is 269. The van der Waals surface area contributed by atoms with Crippen molar-refractivity contribution in [3.8, 4) is 0 Å². The zero-order valence-electron chi connectivity index (χ0n) is 6.73. The van der Waals surface area contributed by atoms with Crippen LogP contribution in [0.5, 0.6) is 0 Å². The quantitative estimate of drug-likeness (QED) is 0.591. The average Bonchev–Trinajstić information content (AvgIpc) is 2.08. The van der Waals surface area contributed by atoms with E-state index in [9.17, 15) is 4.39 Å². The smallest absolute Gasteiger partial charge is 0.233 e. The Kier molecular flexibility index (Phi) is 0.686. The summed E-state index contributed by atoms with van der Waals surface area (Å²) in [5.74, 6) is -0.812. The monoisotopic (exact) mass is 181 g/mol. The van der Waals surface area contributed by atoms with Crippen molar-refractivity contribution in [1.29, 1.82) is 0 Å². The van der Waals surface area contributed by atoms with Gasteiger partial charge in [-0.25, -0.2) is 0 Å². The summed E-state index contributed by atoms with van der Waals surface area (Å²) in [7, 11) is 0. The van der Waals surface area contributed by atoms with Crippen LogP contribution >= 0.6 is 15.9 Å². The SMILES string of the molecule is [2H]C([2H])([2H])n1nc(F)cc1Br. The summed E-state index contributed by atoms with van der Waals surface area (Å²) in [5, 5.41) is 3.12. The lowest BCUT2D eigenvalue weighted by Gasteiger charge is -1.84. The van der Waals surface area contributed by atoms with Gasteiger partial charge in [-0.2, -0.15) is 4.39 Å². The highest BCUT2D eigenvalue weighted by Gasteiger charge is 1.97. The Labute approximate surface area is 58.7 Å². The Morgan fingerprint density at radius 3 is 3.12 bits per heavy atom. The molecular weight excluding hydrogens is 175 g/mol. The average molecular weight is 182 g/mol. The third kappa shape index (κ3) is 0.888. The number of hydrogen-bond donors (Lipinski definition) is 0. The molecule has 0 amide bonds. The lowest BCUT2D eigenvalue weighted by molar-refractivity contribution is 0.552. The second-order valence-electron chi connectivity index (χ2n) is 1.20. The molecule has 4 heteroatoms. The van der Waals surface area contributed by atoms with Crippen LogP contribution in [-0.4, -0.2) is 9.78 Å². The van der Waals surface area contributed by atoms with Gasteiger partial charge in [-0.3, -0.25) is 4.68 Å². The Morgan fingerprint density at radius 1 is 2.12 bits per heavy atom. The summed E-state index contributed by atoms with van der Waals surface area (Å²) >= 11 is 2.85. The molecule has 0 aliphatic heterocycles. The summed E-state index contributed by atoms with van der Waals surface area (Å²) in [6.07, 6.45) is 0. The predicted molar refractivity (Wildman–Crippen MR) is 30.9 cm³/mol. The topological polar surface area (TPSA) is 17.8 Å². The van der Waals surface area contributed by atoms with Gasteiger partial charge in [0.2, 0.25) is 5.95 Å². The number of nitrogens with zero attached hydrogens (tertiary/aromatic N) is 2. The Morgan fingerprint density at radius 2 is 2.88 bits per heavy atom. The lowest BCUT2D eigenvalue weighted by atomic mass is 10.7. The molecule has 0 aromatic carbocycles. The van der Waals surface area contributed by atoms with Crippen LogP contribution in [0.15, 0.2) is 10.7 Å². The Hall–Kier alpha value is -0.380. The highest BCUT2D eigenvalue weighted by atomic mass is 79.9. The number of halogens is 2. The molecule has 0 fully saturated rings. The standard InChI is InChI=1S/C4H4BrFN2/c1-8-3(5)2-4(6)7-8/h2H,1H3/i1D3. The maximum Gasteiger partial charge on any atom is 0.233 e. The van der Waals surface area contributed by atoms with E-state index in [4.69, 9.17) is 4.11 Å². The van der Waals surface area contributed by atoms with Crippen molar-refractivity contribution in [2.45, 2.75) is 0 Å². The molecule has 2 nitrogen and oxygen atoms in total. The molecular formula is C4H4BrFN2. The van der Waals surface area contributed by atoms with Crippen molar-refractivity contribution in [2.24, 2.45) is 6.98 Å². The highest BCUT2D eigenvalue weighted by Crippen LogP contribution is 2.07. The minimum atomic E-state index is -2.43. The lowest BCUT2D eigenvalue weighted by Crippen LogP contribution is -1.89. The van der Waals surface area contributed by atoms with Crippen LogP contribution in [0.25, 0.3) is 0 Å². The summed E-state index contributed by atoms with van der Waals surface area (Å²) in [4.78, 5) is 0. The fourth-order valence-corrected chi connectivity index (χ4v) is 0.600. The summed E-state index contributed by atoms with van der Waals surface area (Å²) in [6, 6.07) is 0.992. The predicted octanol–water partition coefficient (Wildman–Crippen LogP) is 1.32. The molecule has 0 aliphatic carbocycles. The zero-order chi connectivity index (χ0) is 8.65. The van der Waals surface area contributed by atoms with E-state index in [2.05, 4.69) is 21.0 Å². The number of aromatic nitrogens is 2. The maximum absolute atomic E-state index is 12.3. The molecule has 0 saturated heterocycles. The maximum atomic E-state index is 12.3. The van der Waals surface area contributed by atoms with E-state index in [1.807, 2.05) is 0 Å². The van der Waals surface area contributed by atoms with Crippen LogP contribution in [0.1, 0.15) is 4.11 Å². The summed E-state index contributed by atoms with van der Waals surface area (Å²) in [6.45, 7) is -2.43. The molecule has 8 heavy (non-hydrogen) atoms. The third-order valence-electron chi connectivity index (χ3n) is 0.636. The van der Waals surface area contributed by atoms with Crippen LogP contribution in [0.3, 0.4) is 0 Å². The second kappa shape index (κ2) is 1.85. The molecule has 0 radical (unpaired) electrons. The molecule has 0 saturated carbocycles. The van der Waals surface area contributed by atoms with E-state index in [0.717, 1.165) is 6.07 Å². The first kappa shape index (κ1) is 2.96. The van der Waals surface area contributed by atoms with E-state index in [1.165, 1.54) is 0 Å². The molecule has 1 aromatic rings. The van der Waals surface area contributed by atoms with Crippen LogP contribution < -0.4 is 0 Å².